The average Bonchev–Trinajstić information content (AvgIpc) is 2.47. The molecule has 1 N–H and O–H groups in total. The van der Waals surface area contributed by atoms with Crippen molar-refractivity contribution in [2.45, 2.75) is 13.5 Å². The van der Waals surface area contributed by atoms with Crippen LogP contribution in [0, 0.1) is 5.82 Å². The summed E-state index contributed by atoms with van der Waals surface area (Å²) in [5.74, 6) is 0.198. The minimum Gasteiger partial charge on any atom is -0.489 e. The Morgan fingerprint density at radius 1 is 1.30 bits per heavy atom. The Morgan fingerprint density at radius 3 is 2.85 bits per heavy atom. The van der Waals surface area contributed by atoms with Gasteiger partial charge in [0.2, 0.25) is 0 Å². The quantitative estimate of drug-likeness (QED) is 0.520. The highest BCUT2D eigenvalue weighted by Gasteiger charge is 2.05. The smallest absolute Gasteiger partial charge is 0.129 e. The van der Waals surface area contributed by atoms with Gasteiger partial charge in [0.1, 0.15) is 18.2 Å². The number of nitrogens with zero attached hydrogens (tertiary/aromatic N) is 1. The van der Waals surface area contributed by atoms with E-state index in [1.165, 1.54) is 18.2 Å². The maximum atomic E-state index is 13.5. The monoisotopic (exact) mass is 293 g/mol. The second-order valence-corrected chi connectivity index (χ2v) is 4.67. The molecule has 0 saturated heterocycles. The predicted molar refractivity (Wildman–Crippen MR) is 76.2 cm³/mol. The average molecular weight is 294 g/mol. The molecule has 20 heavy (non-hydrogen) atoms. The Kier molecular flexibility index (Phi) is 4.58. The third-order valence-electron chi connectivity index (χ3n) is 2.80. The fourth-order valence-electron chi connectivity index (χ4n) is 1.68. The molecule has 5 heteroatoms. The van der Waals surface area contributed by atoms with E-state index in [1.807, 2.05) is 0 Å². The van der Waals surface area contributed by atoms with E-state index < -0.39 is 0 Å². The van der Waals surface area contributed by atoms with Gasteiger partial charge in [-0.25, -0.2) is 4.39 Å². The molecule has 0 heterocycles. The molecule has 0 aliphatic heterocycles. The van der Waals surface area contributed by atoms with Gasteiger partial charge in [-0.1, -0.05) is 28.9 Å². The molecule has 0 fully saturated rings. The van der Waals surface area contributed by atoms with Crippen molar-refractivity contribution in [3.8, 4) is 5.75 Å². The van der Waals surface area contributed by atoms with Gasteiger partial charge in [0.25, 0.3) is 0 Å². The summed E-state index contributed by atoms with van der Waals surface area (Å²) in [4.78, 5) is 0. The van der Waals surface area contributed by atoms with Crippen LogP contribution in [0.25, 0.3) is 0 Å². The first-order chi connectivity index (χ1) is 9.60. The number of oxime groups is 1. The first-order valence-corrected chi connectivity index (χ1v) is 6.34. The largest absolute Gasteiger partial charge is 0.489 e. The molecule has 104 valence electrons. The Morgan fingerprint density at radius 2 is 2.10 bits per heavy atom. The van der Waals surface area contributed by atoms with Crippen LogP contribution in [-0.2, 0) is 6.61 Å². The molecule has 2 aromatic rings. The van der Waals surface area contributed by atoms with E-state index in [0.29, 0.717) is 22.0 Å². The lowest BCUT2D eigenvalue weighted by Gasteiger charge is -2.09. The SMILES string of the molecule is C/C(=N/O)c1cccc(OCc2cc(Cl)ccc2F)c1. The van der Waals surface area contributed by atoms with Crippen molar-refractivity contribution >= 4 is 17.3 Å². The topological polar surface area (TPSA) is 41.8 Å². The maximum Gasteiger partial charge on any atom is 0.129 e. The van der Waals surface area contributed by atoms with Crippen LogP contribution in [0.4, 0.5) is 4.39 Å². The summed E-state index contributed by atoms with van der Waals surface area (Å²) in [6.07, 6.45) is 0. The van der Waals surface area contributed by atoms with Gasteiger partial charge in [0.05, 0.1) is 5.71 Å². The van der Waals surface area contributed by atoms with Crippen LogP contribution >= 0.6 is 11.6 Å². The highest BCUT2D eigenvalue weighted by Crippen LogP contribution is 2.19. The molecule has 0 aromatic heterocycles. The standard InChI is InChI=1S/C15H13ClFNO2/c1-10(18-19)11-3-2-4-14(8-11)20-9-12-7-13(16)5-6-15(12)17/h2-8,19H,9H2,1H3/b18-10-. The molecule has 0 unspecified atom stereocenters. The third kappa shape index (κ3) is 3.48. The summed E-state index contributed by atoms with van der Waals surface area (Å²) in [6, 6.07) is 11.4. The van der Waals surface area contributed by atoms with Crippen LogP contribution < -0.4 is 4.74 Å². The van der Waals surface area contributed by atoms with Crippen molar-refractivity contribution in [2.24, 2.45) is 5.16 Å². The van der Waals surface area contributed by atoms with E-state index in [0.717, 1.165) is 5.56 Å². The van der Waals surface area contributed by atoms with E-state index in [1.54, 1.807) is 31.2 Å². The van der Waals surface area contributed by atoms with Gasteiger partial charge in [0, 0.05) is 16.1 Å². The number of ether oxygens (including phenoxy) is 1. The molecule has 0 saturated carbocycles. The molecule has 2 aromatic carbocycles. The molecule has 0 amide bonds. The first-order valence-electron chi connectivity index (χ1n) is 5.96. The van der Waals surface area contributed by atoms with Crippen LogP contribution in [0.1, 0.15) is 18.1 Å². The lowest BCUT2D eigenvalue weighted by atomic mass is 10.1. The van der Waals surface area contributed by atoms with Crippen molar-refractivity contribution in [1.29, 1.82) is 0 Å². The van der Waals surface area contributed by atoms with Gasteiger partial charge >= 0.3 is 0 Å². The summed E-state index contributed by atoms with van der Waals surface area (Å²) < 4.78 is 19.1. The summed E-state index contributed by atoms with van der Waals surface area (Å²) in [7, 11) is 0. The van der Waals surface area contributed by atoms with Gasteiger partial charge in [-0.05, 0) is 37.3 Å². The fourth-order valence-corrected chi connectivity index (χ4v) is 1.88. The second-order valence-electron chi connectivity index (χ2n) is 4.24. The van der Waals surface area contributed by atoms with Crippen LogP contribution in [-0.4, -0.2) is 10.9 Å². The fraction of sp³-hybridized carbons (Fsp3) is 0.133. The zero-order chi connectivity index (χ0) is 14.5. The molecular weight excluding hydrogens is 281 g/mol. The molecule has 0 radical (unpaired) electrons. The highest BCUT2D eigenvalue weighted by molar-refractivity contribution is 6.30. The number of hydrogen-bond acceptors (Lipinski definition) is 3. The number of hydrogen-bond donors (Lipinski definition) is 1. The molecule has 0 aliphatic rings. The molecule has 0 bridgehead atoms. The van der Waals surface area contributed by atoms with Crippen LogP contribution in [0.3, 0.4) is 0 Å². The first kappa shape index (κ1) is 14.3. The van der Waals surface area contributed by atoms with E-state index in [-0.39, 0.29) is 12.4 Å². The Hall–Kier alpha value is -2.07. The van der Waals surface area contributed by atoms with E-state index >= 15 is 0 Å². The highest BCUT2D eigenvalue weighted by atomic mass is 35.5. The predicted octanol–water partition coefficient (Wildman–Crippen LogP) is 4.26. The van der Waals surface area contributed by atoms with Crippen molar-refractivity contribution in [1.82, 2.24) is 0 Å². The lowest BCUT2D eigenvalue weighted by Crippen LogP contribution is -2.00. The number of benzene rings is 2. The van der Waals surface area contributed by atoms with Gasteiger partial charge in [-0.2, -0.15) is 0 Å². The van der Waals surface area contributed by atoms with Crippen LogP contribution in [0.2, 0.25) is 5.02 Å². The Bertz CT molecular complexity index is 644. The molecule has 0 spiro atoms. The van der Waals surface area contributed by atoms with Crippen LogP contribution in [0.15, 0.2) is 47.6 Å². The third-order valence-corrected chi connectivity index (χ3v) is 3.04. The summed E-state index contributed by atoms with van der Waals surface area (Å²) in [5.41, 5.74) is 1.59. The minimum atomic E-state index is -0.362. The molecule has 0 aliphatic carbocycles. The molecule has 0 atom stereocenters. The van der Waals surface area contributed by atoms with Crippen molar-refractivity contribution < 1.29 is 14.3 Å². The van der Waals surface area contributed by atoms with Gasteiger partial charge in [0.15, 0.2) is 0 Å². The summed E-state index contributed by atoms with van der Waals surface area (Å²) >= 11 is 5.82. The normalized spacial score (nSPS) is 11.4. The molecule has 3 nitrogen and oxygen atoms in total. The summed E-state index contributed by atoms with van der Waals surface area (Å²) in [6.45, 7) is 1.75. The Balaban J connectivity index is 2.13. The second kappa shape index (κ2) is 6.39. The molecular formula is C15H13ClFNO2. The lowest BCUT2D eigenvalue weighted by molar-refractivity contribution is 0.299. The van der Waals surface area contributed by atoms with Gasteiger partial charge in [-0.15, -0.1) is 0 Å². The minimum absolute atomic E-state index is 0.0746. The van der Waals surface area contributed by atoms with Crippen molar-refractivity contribution in [3.63, 3.8) is 0 Å². The molecule has 2 rings (SSSR count). The van der Waals surface area contributed by atoms with E-state index in [2.05, 4.69) is 5.16 Å². The maximum absolute atomic E-state index is 13.5. The zero-order valence-corrected chi connectivity index (χ0v) is 11.6. The van der Waals surface area contributed by atoms with Crippen molar-refractivity contribution in [3.05, 3.63) is 64.4 Å². The van der Waals surface area contributed by atoms with E-state index in [4.69, 9.17) is 21.5 Å². The summed E-state index contributed by atoms with van der Waals surface area (Å²) in [5, 5.41) is 12.3. The van der Waals surface area contributed by atoms with Gasteiger partial charge in [-0.3, -0.25) is 0 Å². The van der Waals surface area contributed by atoms with Crippen LogP contribution in [0.5, 0.6) is 5.75 Å². The van der Waals surface area contributed by atoms with E-state index in [9.17, 15) is 4.39 Å². The van der Waals surface area contributed by atoms with Crippen molar-refractivity contribution in [2.75, 3.05) is 0 Å². The zero-order valence-electron chi connectivity index (χ0n) is 10.8. The number of rotatable bonds is 4. The van der Waals surface area contributed by atoms with Gasteiger partial charge < -0.3 is 9.94 Å². The number of halogens is 2. The Labute approximate surface area is 121 Å².